The van der Waals surface area contributed by atoms with E-state index in [9.17, 15) is 4.79 Å². The highest BCUT2D eigenvalue weighted by molar-refractivity contribution is 6.05. The molecule has 134 valence electrons. The maximum Gasteiger partial charge on any atom is 0.234 e. The molecule has 1 aromatic carbocycles. The van der Waals surface area contributed by atoms with Crippen LogP contribution in [0.15, 0.2) is 54.2 Å². The average Bonchev–Trinajstić information content (AvgIpc) is 3.35. The maximum atomic E-state index is 12.9. The van der Waals surface area contributed by atoms with Crippen molar-refractivity contribution < 1.29 is 4.79 Å². The summed E-state index contributed by atoms with van der Waals surface area (Å²) < 4.78 is 0. The monoisotopic (exact) mass is 347 g/mol. The molecule has 1 aliphatic carbocycles. The summed E-state index contributed by atoms with van der Waals surface area (Å²) in [6, 6.07) is 14.4. The Morgan fingerprint density at radius 3 is 2.46 bits per heavy atom. The zero-order valence-corrected chi connectivity index (χ0v) is 15.5. The summed E-state index contributed by atoms with van der Waals surface area (Å²) >= 11 is 0. The fraction of sp³-hybridized carbons (Fsp3) is 0.364. The van der Waals surface area contributed by atoms with E-state index in [2.05, 4.69) is 41.9 Å². The molecule has 1 saturated heterocycles. The fourth-order valence-electron chi connectivity index (χ4n) is 3.86. The van der Waals surface area contributed by atoms with Gasteiger partial charge in [-0.25, -0.2) is 0 Å². The van der Waals surface area contributed by atoms with Gasteiger partial charge in [0.05, 0.1) is 11.6 Å². The Morgan fingerprint density at radius 1 is 1.04 bits per heavy atom. The molecule has 2 aromatic rings. The van der Waals surface area contributed by atoms with Crippen LogP contribution in [-0.2, 0) is 11.3 Å². The molecule has 1 aromatic heterocycles. The Balaban J connectivity index is 1.33. The zero-order chi connectivity index (χ0) is 18.1. The molecule has 0 saturated carbocycles. The van der Waals surface area contributed by atoms with Gasteiger partial charge in [0.15, 0.2) is 0 Å². The zero-order valence-electron chi connectivity index (χ0n) is 15.5. The molecule has 4 nitrogen and oxygen atoms in total. The van der Waals surface area contributed by atoms with Crippen LogP contribution in [0.4, 0.5) is 0 Å². The molecule has 0 bridgehead atoms. The van der Waals surface area contributed by atoms with E-state index in [0.717, 1.165) is 38.4 Å². The van der Waals surface area contributed by atoms with Crippen LogP contribution in [0.2, 0.25) is 0 Å². The average molecular weight is 347 g/mol. The Labute approximate surface area is 155 Å². The number of aromatic nitrogens is 1. The van der Waals surface area contributed by atoms with Crippen molar-refractivity contribution in [1.29, 1.82) is 0 Å². The van der Waals surface area contributed by atoms with Crippen molar-refractivity contribution in [3.63, 3.8) is 0 Å². The van der Waals surface area contributed by atoms with E-state index >= 15 is 0 Å². The smallest absolute Gasteiger partial charge is 0.234 e. The summed E-state index contributed by atoms with van der Waals surface area (Å²) in [5.74, 6) is 0.275. The highest BCUT2D eigenvalue weighted by Gasteiger charge is 2.42. The molecule has 1 atom stereocenters. The van der Waals surface area contributed by atoms with Crippen molar-refractivity contribution in [3.8, 4) is 0 Å². The van der Waals surface area contributed by atoms with Gasteiger partial charge in [0.25, 0.3) is 0 Å². The lowest BCUT2D eigenvalue weighted by molar-refractivity contribution is -0.133. The van der Waals surface area contributed by atoms with E-state index in [4.69, 9.17) is 0 Å². The molecule has 26 heavy (non-hydrogen) atoms. The Bertz CT molecular complexity index is 835. The first-order chi connectivity index (χ1) is 12.6. The molecule has 1 unspecified atom stereocenters. The molecule has 0 N–H and O–H groups in total. The van der Waals surface area contributed by atoms with Crippen molar-refractivity contribution in [2.75, 3.05) is 26.2 Å². The minimum Gasteiger partial charge on any atom is -0.339 e. The van der Waals surface area contributed by atoms with Gasteiger partial charge in [-0.2, -0.15) is 0 Å². The van der Waals surface area contributed by atoms with Gasteiger partial charge >= 0.3 is 0 Å². The molecule has 2 heterocycles. The number of rotatable bonds is 4. The van der Waals surface area contributed by atoms with Gasteiger partial charge in [0, 0.05) is 38.9 Å². The topological polar surface area (TPSA) is 36.4 Å². The van der Waals surface area contributed by atoms with Gasteiger partial charge in [-0.1, -0.05) is 42.0 Å². The van der Waals surface area contributed by atoms with E-state index < -0.39 is 0 Å². The number of carbonyl (C=O) groups is 1. The summed E-state index contributed by atoms with van der Waals surface area (Å²) in [5.41, 5.74) is 6.01. The highest BCUT2D eigenvalue weighted by Crippen LogP contribution is 2.47. The number of hydrogen-bond acceptors (Lipinski definition) is 3. The van der Waals surface area contributed by atoms with Crippen LogP contribution in [0.1, 0.15) is 23.7 Å². The molecule has 1 aliphatic heterocycles. The van der Waals surface area contributed by atoms with Crippen molar-refractivity contribution in [2.24, 2.45) is 5.92 Å². The van der Waals surface area contributed by atoms with Crippen molar-refractivity contribution in [2.45, 2.75) is 20.4 Å². The van der Waals surface area contributed by atoms with Gasteiger partial charge in [0.1, 0.15) is 0 Å². The molecule has 4 heteroatoms. The number of benzene rings is 1. The number of hydrogen-bond donors (Lipinski definition) is 0. The Kier molecular flexibility index (Phi) is 4.60. The fourth-order valence-corrected chi connectivity index (χ4v) is 3.86. The number of carbonyl (C=O) groups excluding carboxylic acids is 1. The summed E-state index contributed by atoms with van der Waals surface area (Å²) in [5, 5.41) is 0. The Hall–Kier alpha value is -2.46. The normalized spacial score (nSPS) is 20.4. The number of aryl methyl sites for hydroxylation is 1. The Morgan fingerprint density at radius 2 is 1.77 bits per heavy atom. The first-order valence-electron chi connectivity index (χ1n) is 9.33. The van der Waals surface area contributed by atoms with Crippen molar-refractivity contribution >= 4 is 11.5 Å². The van der Waals surface area contributed by atoms with E-state index in [-0.39, 0.29) is 11.8 Å². The van der Waals surface area contributed by atoms with E-state index in [1.807, 2.05) is 35.4 Å². The van der Waals surface area contributed by atoms with Crippen LogP contribution in [0.3, 0.4) is 0 Å². The number of amides is 1. The SMILES string of the molecule is CC1=C(c2ccccc2)C1C(=O)N1CCN(Cc2ncccc2C)CC1. The lowest BCUT2D eigenvalue weighted by atomic mass is 10.1. The maximum absolute atomic E-state index is 12.9. The second-order valence-electron chi connectivity index (χ2n) is 7.26. The first-order valence-corrected chi connectivity index (χ1v) is 9.33. The molecule has 0 radical (unpaired) electrons. The molecule has 4 rings (SSSR count). The minimum atomic E-state index is 0.00184. The predicted octanol–water partition coefficient (Wildman–Crippen LogP) is 3.14. The molecule has 1 amide bonds. The van der Waals surface area contributed by atoms with Crippen LogP contribution in [0, 0.1) is 12.8 Å². The van der Waals surface area contributed by atoms with Gasteiger partial charge in [-0.15, -0.1) is 0 Å². The lowest BCUT2D eigenvalue weighted by Gasteiger charge is -2.35. The predicted molar refractivity (Wildman–Crippen MR) is 103 cm³/mol. The van der Waals surface area contributed by atoms with Gasteiger partial charge in [-0.3, -0.25) is 14.7 Å². The van der Waals surface area contributed by atoms with Gasteiger partial charge in [-0.05, 0) is 36.6 Å². The number of pyridine rings is 1. The third-order valence-corrected chi connectivity index (χ3v) is 5.57. The number of piperazine rings is 1. The summed E-state index contributed by atoms with van der Waals surface area (Å²) in [7, 11) is 0. The van der Waals surface area contributed by atoms with Crippen LogP contribution in [-0.4, -0.2) is 46.9 Å². The first kappa shape index (κ1) is 17.0. The summed E-state index contributed by atoms with van der Waals surface area (Å²) in [4.78, 5) is 21.8. The second kappa shape index (κ2) is 7.04. The van der Waals surface area contributed by atoms with Crippen LogP contribution in [0.25, 0.3) is 5.57 Å². The molecule has 1 fully saturated rings. The van der Waals surface area contributed by atoms with Crippen LogP contribution in [0.5, 0.6) is 0 Å². The van der Waals surface area contributed by atoms with Crippen LogP contribution >= 0.6 is 0 Å². The molecule has 0 spiro atoms. The largest absolute Gasteiger partial charge is 0.339 e. The van der Waals surface area contributed by atoms with E-state index in [1.54, 1.807) is 0 Å². The van der Waals surface area contributed by atoms with Crippen molar-refractivity contribution in [3.05, 3.63) is 71.1 Å². The standard InChI is InChI=1S/C22H25N3O/c1-16-7-6-10-23-19(16)15-24-11-13-25(14-12-24)22(26)21-17(2)20(21)18-8-4-3-5-9-18/h3-10,21H,11-15H2,1-2H3. The minimum absolute atomic E-state index is 0.00184. The van der Waals surface area contributed by atoms with Crippen molar-refractivity contribution in [1.82, 2.24) is 14.8 Å². The third kappa shape index (κ3) is 3.29. The quantitative estimate of drug-likeness (QED) is 0.852. The third-order valence-electron chi connectivity index (χ3n) is 5.57. The molecule has 2 aliphatic rings. The van der Waals surface area contributed by atoms with Gasteiger partial charge < -0.3 is 4.90 Å². The lowest BCUT2D eigenvalue weighted by Crippen LogP contribution is -2.49. The second-order valence-corrected chi connectivity index (χ2v) is 7.26. The van der Waals surface area contributed by atoms with E-state index in [0.29, 0.717) is 0 Å². The molecular formula is C22H25N3O. The summed E-state index contributed by atoms with van der Waals surface area (Å²) in [6.45, 7) is 8.49. The molecular weight excluding hydrogens is 322 g/mol. The highest BCUT2D eigenvalue weighted by atomic mass is 16.2. The van der Waals surface area contributed by atoms with Gasteiger partial charge in [0.2, 0.25) is 5.91 Å². The van der Waals surface area contributed by atoms with E-state index in [1.165, 1.54) is 22.3 Å². The van der Waals surface area contributed by atoms with Crippen LogP contribution < -0.4 is 0 Å². The number of nitrogens with zero attached hydrogens (tertiary/aromatic N) is 3. The summed E-state index contributed by atoms with van der Waals surface area (Å²) in [6.07, 6.45) is 1.86.